The fraction of sp³-hybridized carbons (Fsp3) is 0.345. The molecule has 0 atom stereocenters. The number of carbonyl (C=O) groups excluding carboxylic acids is 1. The number of benzene rings is 2. The first kappa shape index (κ1) is 24.0. The van der Waals surface area contributed by atoms with Gasteiger partial charge in [0, 0.05) is 25.6 Å². The summed E-state index contributed by atoms with van der Waals surface area (Å²) in [5.74, 6) is 0.879. The quantitative estimate of drug-likeness (QED) is 0.207. The van der Waals surface area contributed by atoms with Crippen molar-refractivity contribution in [3.8, 4) is 5.75 Å². The third-order valence-corrected chi connectivity index (χ3v) is 6.58. The van der Waals surface area contributed by atoms with Crippen LogP contribution in [0, 0.1) is 5.82 Å². The highest BCUT2D eigenvalue weighted by atomic mass is 19.1. The molecule has 3 heterocycles. The van der Waals surface area contributed by atoms with Crippen molar-refractivity contribution in [2.75, 3.05) is 0 Å². The average molecular weight is 487 g/mol. The van der Waals surface area contributed by atoms with Crippen LogP contribution < -0.4 is 4.74 Å². The molecule has 0 aliphatic rings. The lowest BCUT2D eigenvalue weighted by molar-refractivity contribution is -0.134. The SMILES string of the molecule is CCCCC(=O)Oc1cn(CCc2ccccc2F)c2nc(CCCC)n3c4ccccc4nc3c12. The van der Waals surface area contributed by atoms with E-state index in [1.165, 1.54) is 6.07 Å². The summed E-state index contributed by atoms with van der Waals surface area (Å²) in [5.41, 5.74) is 3.93. The zero-order valence-corrected chi connectivity index (χ0v) is 20.8. The van der Waals surface area contributed by atoms with E-state index in [1.807, 2.05) is 48.0 Å². The van der Waals surface area contributed by atoms with Gasteiger partial charge in [0.25, 0.3) is 0 Å². The van der Waals surface area contributed by atoms with Gasteiger partial charge in [-0.15, -0.1) is 0 Å². The number of fused-ring (bicyclic) bond motifs is 5. The lowest BCUT2D eigenvalue weighted by atomic mass is 10.1. The van der Waals surface area contributed by atoms with Crippen molar-refractivity contribution in [1.29, 1.82) is 0 Å². The maximum Gasteiger partial charge on any atom is 0.311 e. The highest BCUT2D eigenvalue weighted by Crippen LogP contribution is 2.34. The Hall–Kier alpha value is -3.74. The number of ether oxygens (including phenoxy) is 1. The largest absolute Gasteiger partial charge is 0.424 e. The van der Waals surface area contributed by atoms with Gasteiger partial charge in [0.2, 0.25) is 0 Å². The molecule has 0 radical (unpaired) electrons. The summed E-state index contributed by atoms with van der Waals surface area (Å²) in [6.45, 7) is 4.70. The van der Waals surface area contributed by atoms with Crippen LogP contribution in [0.2, 0.25) is 0 Å². The number of aryl methyl sites for hydroxylation is 3. The fourth-order valence-corrected chi connectivity index (χ4v) is 4.67. The number of unbranched alkanes of at least 4 members (excludes halogenated alkanes) is 2. The fourth-order valence-electron chi connectivity index (χ4n) is 4.67. The standard InChI is InChI=1S/C29H31FN4O2/c1-3-5-15-25-32-28-27(29-31-22-13-9-10-14-23(22)34(25)29)24(36-26(35)16-6-4-2)19-33(28)18-17-20-11-7-8-12-21(20)30/h7-14,19H,3-6,15-18H2,1-2H3. The van der Waals surface area contributed by atoms with Gasteiger partial charge in [-0.2, -0.15) is 0 Å². The van der Waals surface area contributed by atoms with Crippen molar-refractivity contribution in [1.82, 2.24) is 18.9 Å². The molecule has 0 fully saturated rings. The minimum Gasteiger partial charge on any atom is -0.424 e. The molecule has 0 amide bonds. The second-order valence-electron chi connectivity index (χ2n) is 9.20. The number of esters is 1. The Morgan fingerprint density at radius 2 is 1.72 bits per heavy atom. The summed E-state index contributed by atoms with van der Waals surface area (Å²) in [7, 11) is 0. The number of para-hydroxylation sites is 2. The maximum atomic E-state index is 14.3. The summed E-state index contributed by atoms with van der Waals surface area (Å²) in [4.78, 5) is 22.7. The number of rotatable bonds is 10. The van der Waals surface area contributed by atoms with E-state index >= 15 is 0 Å². The second kappa shape index (κ2) is 10.5. The summed E-state index contributed by atoms with van der Waals surface area (Å²) in [6, 6.07) is 14.8. The van der Waals surface area contributed by atoms with Gasteiger partial charge < -0.3 is 9.30 Å². The molecule has 5 aromatic rings. The topological polar surface area (TPSA) is 61.4 Å². The highest BCUT2D eigenvalue weighted by Gasteiger charge is 2.22. The van der Waals surface area contributed by atoms with Crippen LogP contribution in [0.15, 0.2) is 54.7 Å². The van der Waals surface area contributed by atoms with Gasteiger partial charge in [0.1, 0.15) is 22.7 Å². The van der Waals surface area contributed by atoms with E-state index in [4.69, 9.17) is 14.7 Å². The first-order chi connectivity index (χ1) is 17.6. The van der Waals surface area contributed by atoms with Gasteiger partial charge in [-0.1, -0.05) is 57.0 Å². The van der Waals surface area contributed by atoms with Crippen molar-refractivity contribution in [2.24, 2.45) is 0 Å². The number of halogens is 1. The van der Waals surface area contributed by atoms with Gasteiger partial charge in [-0.25, -0.2) is 14.4 Å². The van der Waals surface area contributed by atoms with Crippen molar-refractivity contribution < 1.29 is 13.9 Å². The molecule has 6 nitrogen and oxygen atoms in total. The van der Waals surface area contributed by atoms with Crippen LogP contribution in [0.1, 0.15) is 57.3 Å². The average Bonchev–Trinajstić information content (AvgIpc) is 3.44. The van der Waals surface area contributed by atoms with Crippen LogP contribution in [0.4, 0.5) is 4.39 Å². The van der Waals surface area contributed by atoms with Crippen molar-refractivity contribution in [2.45, 2.75) is 65.3 Å². The number of nitrogens with zero attached hydrogens (tertiary/aromatic N) is 4. The van der Waals surface area contributed by atoms with Crippen LogP contribution in [-0.4, -0.2) is 24.9 Å². The van der Waals surface area contributed by atoms with Crippen molar-refractivity contribution >= 4 is 33.7 Å². The van der Waals surface area contributed by atoms with Crippen LogP contribution >= 0.6 is 0 Å². The molecule has 0 bridgehead atoms. The second-order valence-corrected chi connectivity index (χ2v) is 9.20. The lowest BCUT2D eigenvalue weighted by Gasteiger charge is -2.10. The van der Waals surface area contributed by atoms with Crippen LogP contribution in [0.25, 0.3) is 27.7 Å². The van der Waals surface area contributed by atoms with E-state index in [-0.39, 0.29) is 11.8 Å². The first-order valence-corrected chi connectivity index (χ1v) is 12.8. The van der Waals surface area contributed by atoms with Crippen molar-refractivity contribution in [3.05, 3.63) is 71.9 Å². The molecule has 186 valence electrons. The van der Waals surface area contributed by atoms with Crippen LogP contribution in [0.3, 0.4) is 0 Å². The minimum absolute atomic E-state index is 0.223. The van der Waals surface area contributed by atoms with Crippen molar-refractivity contribution in [3.63, 3.8) is 0 Å². The molecular weight excluding hydrogens is 455 g/mol. The lowest BCUT2D eigenvalue weighted by Crippen LogP contribution is -2.07. The molecule has 3 aromatic heterocycles. The van der Waals surface area contributed by atoms with E-state index in [2.05, 4.69) is 11.3 Å². The Labute approximate surface area is 209 Å². The molecule has 0 unspecified atom stereocenters. The van der Waals surface area contributed by atoms with Crippen LogP contribution in [0.5, 0.6) is 5.75 Å². The smallest absolute Gasteiger partial charge is 0.311 e. The van der Waals surface area contributed by atoms with Gasteiger partial charge in [0.15, 0.2) is 11.4 Å². The van der Waals surface area contributed by atoms with E-state index in [1.54, 1.807) is 12.1 Å². The molecular formula is C29H31FN4O2. The molecule has 0 saturated heterocycles. The Morgan fingerprint density at radius 1 is 0.944 bits per heavy atom. The maximum absolute atomic E-state index is 14.3. The third kappa shape index (κ3) is 4.57. The molecule has 36 heavy (non-hydrogen) atoms. The van der Waals surface area contributed by atoms with Crippen LogP contribution in [-0.2, 0) is 24.2 Å². The van der Waals surface area contributed by atoms with E-state index in [0.29, 0.717) is 41.7 Å². The van der Waals surface area contributed by atoms with Gasteiger partial charge in [-0.05, 0) is 43.0 Å². The third-order valence-electron chi connectivity index (χ3n) is 6.58. The van der Waals surface area contributed by atoms with Gasteiger partial charge in [-0.3, -0.25) is 9.20 Å². The molecule has 0 N–H and O–H groups in total. The summed E-state index contributed by atoms with van der Waals surface area (Å²) in [6.07, 6.45) is 7.20. The number of aromatic nitrogens is 4. The number of imidazole rings is 1. The Bertz CT molecular complexity index is 1540. The zero-order valence-electron chi connectivity index (χ0n) is 20.8. The van der Waals surface area contributed by atoms with E-state index < -0.39 is 0 Å². The van der Waals surface area contributed by atoms with E-state index in [9.17, 15) is 9.18 Å². The predicted octanol–water partition coefficient (Wildman–Crippen LogP) is 6.66. The number of hydrogen-bond acceptors (Lipinski definition) is 4. The molecule has 0 saturated carbocycles. The first-order valence-electron chi connectivity index (χ1n) is 12.8. The highest BCUT2D eigenvalue weighted by molar-refractivity contribution is 6.00. The summed E-state index contributed by atoms with van der Waals surface area (Å²) < 4.78 is 24.3. The molecule has 0 spiro atoms. The van der Waals surface area contributed by atoms with Gasteiger partial charge in [0.05, 0.1) is 11.0 Å². The summed E-state index contributed by atoms with van der Waals surface area (Å²) >= 11 is 0. The van der Waals surface area contributed by atoms with Gasteiger partial charge >= 0.3 is 5.97 Å². The molecule has 7 heteroatoms. The molecule has 0 aliphatic heterocycles. The molecule has 5 rings (SSSR count). The molecule has 0 aliphatic carbocycles. The summed E-state index contributed by atoms with van der Waals surface area (Å²) in [5, 5.41) is 0.713. The predicted molar refractivity (Wildman–Crippen MR) is 140 cm³/mol. The van der Waals surface area contributed by atoms with E-state index in [0.717, 1.165) is 54.6 Å². The zero-order chi connectivity index (χ0) is 25.1. The monoisotopic (exact) mass is 486 g/mol. The Morgan fingerprint density at radius 3 is 2.53 bits per heavy atom. The number of carbonyl (C=O) groups is 1. The molecule has 2 aromatic carbocycles. The number of hydrogen-bond donors (Lipinski definition) is 0. The minimum atomic E-state index is -0.269. The normalized spacial score (nSPS) is 11.6. The Balaban J connectivity index is 1.68. The Kier molecular flexibility index (Phi) is 6.98.